The Bertz CT molecular complexity index is 532. The van der Waals surface area contributed by atoms with Crippen molar-refractivity contribution in [1.82, 2.24) is 10.3 Å². The van der Waals surface area contributed by atoms with Crippen molar-refractivity contribution in [3.63, 3.8) is 0 Å². The van der Waals surface area contributed by atoms with Gasteiger partial charge in [0, 0.05) is 11.6 Å². The highest BCUT2D eigenvalue weighted by molar-refractivity contribution is 5.78. The molecule has 0 unspecified atom stereocenters. The van der Waals surface area contributed by atoms with E-state index in [0.29, 0.717) is 0 Å². The van der Waals surface area contributed by atoms with Gasteiger partial charge in [-0.15, -0.1) is 0 Å². The lowest BCUT2D eigenvalue weighted by Crippen LogP contribution is -2.26. The molecule has 1 heterocycles. The molecule has 1 N–H and O–H groups in total. The van der Waals surface area contributed by atoms with Crippen LogP contribution in [0.1, 0.15) is 39.2 Å². The van der Waals surface area contributed by atoms with E-state index in [0.717, 1.165) is 25.0 Å². The molecule has 0 aliphatic rings. The minimum Gasteiger partial charge on any atom is -0.317 e. The predicted molar refractivity (Wildman–Crippen MR) is 82.5 cm³/mol. The van der Waals surface area contributed by atoms with Gasteiger partial charge in [-0.05, 0) is 49.0 Å². The van der Waals surface area contributed by atoms with E-state index in [2.05, 4.69) is 55.3 Å². The smallest absolute Gasteiger partial charge is 0.0702 e. The Kier molecular flexibility index (Phi) is 4.54. The van der Waals surface area contributed by atoms with Crippen LogP contribution >= 0.6 is 0 Å². The van der Waals surface area contributed by atoms with Gasteiger partial charge in [0.25, 0.3) is 0 Å². The number of fused-ring (bicyclic) bond motifs is 1. The van der Waals surface area contributed by atoms with Gasteiger partial charge in [0.1, 0.15) is 0 Å². The first-order valence-electron chi connectivity index (χ1n) is 7.19. The largest absolute Gasteiger partial charge is 0.317 e. The second-order valence-corrected chi connectivity index (χ2v) is 5.80. The second kappa shape index (κ2) is 6.16. The minimum absolute atomic E-state index is 0.164. The van der Waals surface area contributed by atoms with Crippen LogP contribution in [0.4, 0.5) is 0 Å². The molecule has 19 heavy (non-hydrogen) atoms. The molecular formula is C17H24N2. The summed E-state index contributed by atoms with van der Waals surface area (Å²) in [5, 5.41) is 4.71. The Morgan fingerprint density at radius 2 is 1.95 bits per heavy atom. The molecule has 0 amide bonds. The zero-order valence-corrected chi connectivity index (χ0v) is 12.2. The second-order valence-electron chi connectivity index (χ2n) is 5.80. The van der Waals surface area contributed by atoms with Crippen molar-refractivity contribution < 1.29 is 0 Å². The van der Waals surface area contributed by atoms with Gasteiger partial charge in [-0.2, -0.15) is 0 Å². The monoisotopic (exact) mass is 256 g/mol. The first-order chi connectivity index (χ1) is 9.13. The number of pyridine rings is 1. The van der Waals surface area contributed by atoms with E-state index < -0.39 is 0 Å². The molecule has 0 fully saturated rings. The van der Waals surface area contributed by atoms with E-state index in [1.807, 2.05) is 12.3 Å². The summed E-state index contributed by atoms with van der Waals surface area (Å²) in [5.74, 6) is 0. The van der Waals surface area contributed by atoms with Gasteiger partial charge >= 0.3 is 0 Å². The van der Waals surface area contributed by atoms with Crippen LogP contribution in [0, 0.1) is 0 Å². The van der Waals surface area contributed by atoms with Crippen LogP contribution in [-0.2, 0) is 5.41 Å². The van der Waals surface area contributed by atoms with Crippen LogP contribution in [0.5, 0.6) is 0 Å². The Morgan fingerprint density at radius 1 is 1.16 bits per heavy atom. The molecule has 0 aliphatic carbocycles. The standard InChI is InChI=1S/C17H24N2/c1-4-10-18-11-9-17(2,3)15-12-14-7-5-6-8-16(14)19-13-15/h5-8,12-13,18H,4,9-11H2,1-3H3. The van der Waals surface area contributed by atoms with Crippen molar-refractivity contribution in [2.75, 3.05) is 13.1 Å². The highest BCUT2D eigenvalue weighted by Gasteiger charge is 2.20. The van der Waals surface area contributed by atoms with Crippen molar-refractivity contribution >= 4 is 10.9 Å². The fraction of sp³-hybridized carbons (Fsp3) is 0.471. The van der Waals surface area contributed by atoms with E-state index in [1.54, 1.807) is 0 Å². The highest BCUT2D eigenvalue weighted by Crippen LogP contribution is 2.28. The number of nitrogens with one attached hydrogen (secondary N) is 1. The van der Waals surface area contributed by atoms with Crippen LogP contribution < -0.4 is 5.32 Å². The average Bonchev–Trinajstić information content (AvgIpc) is 2.43. The van der Waals surface area contributed by atoms with Crippen LogP contribution in [0.3, 0.4) is 0 Å². The molecule has 2 aromatic rings. The average molecular weight is 256 g/mol. The number of hydrogen-bond acceptors (Lipinski definition) is 2. The maximum atomic E-state index is 4.57. The number of rotatable bonds is 6. The fourth-order valence-electron chi connectivity index (χ4n) is 2.29. The lowest BCUT2D eigenvalue weighted by Gasteiger charge is -2.25. The molecule has 2 nitrogen and oxygen atoms in total. The molecule has 102 valence electrons. The van der Waals surface area contributed by atoms with Crippen molar-refractivity contribution in [2.24, 2.45) is 0 Å². The van der Waals surface area contributed by atoms with Crippen molar-refractivity contribution in [3.05, 3.63) is 42.1 Å². The zero-order chi connectivity index (χ0) is 13.7. The van der Waals surface area contributed by atoms with Crippen LogP contribution in [0.15, 0.2) is 36.5 Å². The molecule has 2 heteroatoms. The summed E-state index contributed by atoms with van der Waals surface area (Å²) in [6, 6.07) is 10.6. The lowest BCUT2D eigenvalue weighted by atomic mass is 9.82. The summed E-state index contributed by atoms with van der Waals surface area (Å²) in [7, 11) is 0. The highest BCUT2D eigenvalue weighted by atomic mass is 14.8. The van der Waals surface area contributed by atoms with Gasteiger partial charge in [-0.1, -0.05) is 39.0 Å². The first-order valence-corrected chi connectivity index (χ1v) is 7.19. The maximum absolute atomic E-state index is 4.57. The number of benzene rings is 1. The Hall–Kier alpha value is -1.41. The third kappa shape index (κ3) is 3.54. The molecule has 0 saturated heterocycles. The van der Waals surface area contributed by atoms with E-state index in [1.165, 1.54) is 17.4 Å². The molecule has 0 bridgehead atoms. The maximum Gasteiger partial charge on any atom is 0.0702 e. The number of aromatic nitrogens is 1. The van der Waals surface area contributed by atoms with E-state index in [9.17, 15) is 0 Å². The van der Waals surface area contributed by atoms with Gasteiger partial charge < -0.3 is 5.32 Å². The normalized spacial score (nSPS) is 11.9. The van der Waals surface area contributed by atoms with Gasteiger partial charge in [0.15, 0.2) is 0 Å². The fourth-order valence-corrected chi connectivity index (χ4v) is 2.29. The molecule has 0 spiro atoms. The molecule has 1 aromatic carbocycles. The summed E-state index contributed by atoms with van der Waals surface area (Å²) in [4.78, 5) is 4.57. The lowest BCUT2D eigenvalue weighted by molar-refractivity contribution is 0.456. The topological polar surface area (TPSA) is 24.9 Å². The van der Waals surface area contributed by atoms with Gasteiger partial charge in [0.05, 0.1) is 5.52 Å². The molecule has 0 atom stereocenters. The van der Waals surface area contributed by atoms with Crippen molar-refractivity contribution in [2.45, 2.75) is 39.0 Å². The summed E-state index contributed by atoms with van der Waals surface area (Å²) in [6.45, 7) is 8.96. The van der Waals surface area contributed by atoms with Gasteiger partial charge in [-0.25, -0.2) is 0 Å². The van der Waals surface area contributed by atoms with E-state index >= 15 is 0 Å². The number of nitrogens with zero attached hydrogens (tertiary/aromatic N) is 1. The van der Waals surface area contributed by atoms with Crippen molar-refractivity contribution in [1.29, 1.82) is 0 Å². The number of para-hydroxylation sites is 1. The van der Waals surface area contributed by atoms with Crippen molar-refractivity contribution in [3.8, 4) is 0 Å². The zero-order valence-electron chi connectivity index (χ0n) is 12.2. The first kappa shape index (κ1) is 14.0. The predicted octanol–water partition coefficient (Wildman–Crippen LogP) is 3.90. The summed E-state index contributed by atoms with van der Waals surface area (Å²) in [5.41, 5.74) is 2.56. The Balaban J connectivity index is 2.12. The molecular weight excluding hydrogens is 232 g/mol. The number of hydrogen-bond donors (Lipinski definition) is 1. The van der Waals surface area contributed by atoms with E-state index in [-0.39, 0.29) is 5.41 Å². The summed E-state index contributed by atoms with van der Waals surface area (Å²) < 4.78 is 0. The van der Waals surface area contributed by atoms with Crippen LogP contribution in [-0.4, -0.2) is 18.1 Å². The summed E-state index contributed by atoms with van der Waals surface area (Å²) >= 11 is 0. The Morgan fingerprint density at radius 3 is 2.74 bits per heavy atom. The molecule has 0 saturated carbocycles. The van der Waals surface area contributed by atoms with Crippen LogP contribution in [0.2, 0.25) is 0 Å². The van der Waals surface area contributed by atoms with E-state index in [4.69, 9.17) is 0 Å². The molecule has 0 aliphatic heterocycles. The minimum atomic E-state index is 0.164. The van der Waals surface area contributed by atoms with Gasteiger partial charge in [-0.3, -0.25) is 4.98 Å². The summed E-state index contributed by atoms with van der Waals surface area (Å²) in [6.07, 6.45) is 4.35. The molecule has 0 radical (unpaired) electrons. The van der Waals surface area contributed by atoms with Gasteiger partial charge in [0.2, 0.25) is 0 Å². The quantitative estimate of drug-likeness (QED) is 0.793. The molecule has 2 rings (SSSR count). The third-order valence-corrected chi connectivity index (χ3v) is 3.73. The molecule has 1 aromatic heterocycles. The SMILES string of the molecule is CCCNCCC(C)(C)c1cnc2ccccc2c1. The third-order valence-electron chi connectivity index (χ3n) is 3.73. The van der Waals surface area contributed by atoms with Crippen LogP contribution in [0.25, 0.3) is 10.9 Å². The Labute approximate surface area is 116 Å².